The molecule has 1 aromatic carbocycles. The van der Waals surface area contributed by atoms with Crippen LogP contribution in [0.2, 0.25) is 0 Å². The topological polar surface area (TPSA) is 132 Å². The van der Waals surface area contributed by atoms with Gasteiger partial charge in [0.25, 0.3) is 11.6 Å². The summed E-state index contributed by atoms with van der Waals surface area (Å²) < 4.78 is 1.86. The molecule has 2 aromatic rings. The average Bonchev–Trinajstić information content (AvgIpc) is 2.97. The largest absolute Gasteiger partial charge is 0.307 e. The summed E-state index contributed by atoms with van der Waals surface area (Å²) >= 11 is 1.19. The lowest BCUT2D eigenvalue weighted by molar-refractivity contribution is -0.384. The number of rotatable bonds is 6. The van der Waals surface area contributed by atoms with Gasteiger partial charge in [-0.05, 0) is 19.9 Å². The van der Waals surface area contributed by atoms with Gasteiger partial charge in [0.15, 0.2) is 5.16 Å². The second-order valence-corrected chi connectivity index (χ2v) is 5.81. The third-order valence-corrected chi connectivity index (χ3v) is 4.15. The SMILES string of the molecule is CCn1c(C)nnc1SCC(=O)NNC(=O)c1cccc([N+](=O)[O-])c1. The highest BCUT2D eigenvalue weighted by molar-refractivity contribution is 7.99. The summed E-state index contributed by atoms with van der Waals surface area (Å²) in [6.45, 7) is 4.45. The summed E-state index contributed by atoms with van der Waals surface area (Å²) in [6.07, 6.45) is 0. The number of nitrogens with zero attached hydrogens (tertiary/aromatic N) is 4. The third-order valence-electron chi connectivity index (χ3n) is 3.19. The summed E-state index contributed by atoms with van der Waals surface area (Å²) in [7, 11) is 0. The van der Waals surface area contributed by atoms with Crippen molar-refractivity contribution < 1.29 is 14.5 Å². The maximum absolute atomic E-state index is 11.9. The zero-order valence-corrected chi connectivity index (χ0v) is 14.4. The molecule has 0 bridgehead atoms. The number of amides is 2. The van der Waals surface area contributed by atoms with Crippen molar-refractivity contribution in [3.05, 3.63) is 45.8 Å². The van der Waals surface area contributed by atoms with Gasteiger partial charge in [0.2, 0.25) is 5.91 Å². The molecule has 1 aromatic heterocycles. The Morgan fingerprint density at radius 1 is 1.32 bits per heavy atom. The molecule has 0 fully saturated rings. The number of non-ortho nitro benzene ring substituents is 1. The van der Waals surface area contributed by atoms with Crippen LogP contribution in [0, 0.1) is 17.0 Å². The van der Waals surface area contributed by atoms with E-state index >= 15 is 0 Å². The van der Waals surface area contributed by atoms with Gasteiger partial charge in [0.1, 0.15) is 5.82 Å². The van der Waals surface area contributed by atoms with Crippen LogP contribution in [0.25, 0.3) is 0 Å². The number of carbonyl (C=O) groups is 2. The minimum atomic E-state index is -0.644. The van der Waals surface area contributed by atoms with Crippen LogP contribution in [0.5, 0.6) is 0 Å². The first-order chi connectivity index (χ1) is 11.9. The zero-order valence-electron chi connectivity index (χ0n) is 13.6. The van der Waals surface area contributed by atoms with E-state index in [9.17, 15) is 19.7 Å². The van der Waals surface area contributed by atoms with Crippen LogP contribution in [-0.4, -0.2) is 37.3 Å². The number of hydrogen-bond acceptors (Lipinski definition) is 7. The van der Waals surface area contributed by atoms with Crippen molar-refractivity contribution in [1.29, 1.82) is 0 Å². The smallest absolute Gasteiger partial charge is 0.270 e. The summed E-state index contributed by atoms with van der Waals surface area (Å²) in [4.78, 5) is 33.8. The van der Waals surface area contributed by atoms with Crippen molar-refractivity contribution in [3.8, 4) is 0 Å². The Bertz CT molecular complexity index is 806. The lowest BCUT2D eigenvalue weighted by Gasteiger charge is -2.08. The van der Waals surface area contributed by atoms with E-state index in [2.05, 4.69) is 21.0 Å². The second-order valence-electron chi connectivity index (χ2n) is 4.87. The third kappa shape index (κ3) is 4.76. The Balaban J connectivity index is 1.86. The molecule has 0 radical (unpaired) electrons. The number of nitrogens with one attached hydrogen (secondary N) is 2. The Morgan fingerprint density at radius 2 is 2.08 bits per heavy atom. The summed E-state index contributed by atoms with van der Waals surface area (Å²) in [5.41, 5.74) is 4.34. The van der Waals surface area contributed by atoms with Gasteiger partial charge in [-0.2, -0.15) is 0 Å². The highest BCUT2D eigenvalue weighted by Gasteiger charge is 2.13. The normalized spacial score (nSPS) is 10.3. The fourth-order valence-corrected chi connectivity index (χ4v) is 2.81. The first kappa shape index (κ1) is 18.4. The van der Waals surface area contributed by atoms with Gasteiger partial charge >= 0.3 is 0 Å². The van der Waals surface area contributed by atoms with Crippen molar-refractivity contribution in [2.45, 2.75) is 25.5 Å². The lowest BCUT2D eigenvalue weighted by atomic mass is 10.2. The zero-order chi connectivity index (χ0) is 18.4. The molecule has 0 aliphatic carbocycles. The Labute approximate surface area is 147 Å². The molecule has 0 aliphatic heterocycles. The van der Waals surface area contributed by atoms with Crippen molar-refractivity contribution in [2.24, 2.45) is 0 Å². The minimum absolute atomic E-state index is 0.0351. The van der Waals surface area contributed by atoms with E-state index in [4.69, 9.17) is 0 Å². The second kappa shape index (κ2) is 8.24. The minimum Gasteiger partial charge on any atom is -0.307 e. The molecule has 132 valence electrons. The van der Waals surface area contributed by atoms with Crippen LogP contribution in [0.3, 0.4) is 0 Å². The number of aromatic nitrogens is 3. The van der Waals surface area contributed by atoms with Crippen molar-refractivity contribution in [1.82, 2.24) is 25.6 Å². The maximum Gasteiger partial charge on any atom is 0.270 e. The van der Waals surface area contributed by atoms with Crippen LogP contribution in [0.1, 0.15) is 23.1 Å². The number of aryl methyl sites for hydroxylation is 1. The molecule has 0 aliphatic rings. The number of nitro benzene ring substituents is 1. The molecular formula is C14H16N6O4S. The lowest BCUT2D eigenvalue weighted by Crippen LogP contribution is -2.42. The van der Waals surface area contributed by atoms with Crippen molar-refractivity contribution >= 4 is 29.3 Å². The predicted molar refractivity (Wildman–Crippen MR) is 89.9 cm³/mol. The number of benzene rings is 1. The number of hydrogen-bond donors (Lipinski definition) is 2. The van der Waals surface area contributed by atoms with Crippen LogP contribution in [0.4, 0.5) is 5.69 Å². The molecule has 25 heavy (non-hydrogen) atoms. The molecule has 0 spiro atoms. The van der Waals surface area contributed by atoms with Crippen molar-refractivity contribution in [2.75, 3.05) is 5.75 Å². The summed E-state index contributed by atoms with van der Waals surface area (Å²) in [5.74, 6) is -0.293. The van der Waals surface area contributed by atoms with E-state index < -0.39 is 16.7 Å². The molecule has 0 atom stereocenters. The van der Waals surface area contributed by atoms with Gasteiger partial charge < -0.3 is 4.57 Å². The molecule has 2 rings (SSSR count). The fraction of sp³-hybridized carbons (Fsp3) is 0.286. The van der Waals surface area contributed by atoms with E-state index in [1.165, 1.54) is 30.0 Å². The fourth-order valence-electron chi connectivity index (χ4n) is 1.96. The van der Waals surface area contributed by atoms with Gasteiger partial charge in [-0.1, -0.05) is 17.8 Å². The predicted octanol–water partition coefficient (Wildman–Crippen LogP) is 1.07. The van der Waals surface area contributed by atoms with E-state index in [1.807, 2.05) is 18.4 Å². The van der Waals surface area contributed by atoms with Gasteiger partial charge in [-0.15, -0.1) is 10.2 Å². The molecular weight excluding hydrogens is 348 g/mol. The molecule has 2 amide bonds. The quantitative estimate of drug-likeness (QED) is 0.445. The number of hydrazine groups is 1. The Kier molecular flexibility index (Phi) is 6.06. The first-order valence-corrected chi connectivity index (χ1v) is 8.27. The monoisotopic (exact) mass is 364 g/mol. The molecule has 0 unspecified atom stereocenters. The average molecular weight is 364 g/mol. The summed E-state index contributed by atoms with van der Waals surface area (Å²) in [6, 6.07) is 5.21. The molecule has 10 nitrogen and oxygen atoms in total. The van der Waals surface area contributed by atoms with Crippen LogP contribution in [-0.2, 0) is 11.3 Å². The van der Waals surface area contributed by atoms with Crippen molar-refractivity contribution in [3.63, 3.8) is 0 Å². The number of carbonyl (C=O) groups excluding carboxylic acids is 2. The molecule has 0 saturated carbocycles. The number of nitro groups is 1. The van der Waals surface area contributed by atoms with Gasteiger partial charge in [0.05, 0.1) is 10.7 Å². The molecule has 0 saturated heterocycles. The van der Waals surface area contributed by atoms with E-state index in [0.29, 0.717) is 11.7 Å². The highest BCUT2D eigenvalue weighted by Crippen LogP contribution is 2.16. The Morgan fingerprint density at radius 3 is 2.76 bits per heavy atom. The first-order valence-electron chi connectivity index (χ1n) is 7.28. The number of thioether (sulfide) groups is 1. The van der Waals surface area contributed by atoms with E-state index in [1.54, 1.807) is 0 Å². The van der Waals surface area contributed by atoms with E-state index in [-0.39, 0.29) is 17.0 Å². The molecule has 11 heteroatoms. The standard InChI is InChI=1S/C14H16N6O4S/c1-3-19-9(2)15-18-14(19)25-8-12(21)16-17-13(22)10-5-4-6-11(7-10)20(23)24/h4-7H,3,8H2,1-2H3,(H,16,21)(H,17,22). The van der Waals surface area contributed by atoms with Gasteiger partial charge in [-0.3, -0.25) is 30.6 Å². The van der Waals surface area contributed by atoms with Gasteiger partial charge in [-0.25, -0.2) is 0 Å². The molecule has 2 N–H and O–H groups in total. The maximum atomic E-state index is 11.9. The Hall–Kier alpha value is -2.95. The van der Waals surface area contributed by atoms with Crippen LogP contribution in [0.15, 0.2) is 29.4 Å². The molecule has 1 heterocycles. The van der Waals surface area contributed by atoms with Gasteiger partial charge in [0, 0.05) is 24.2 Å². The highest BCUT2D eigenvalue weighted by atomic mass is 32.2. The van der Waals surface area contributed by atoms with Crippen LogP contribution < -0.4 is 10.9 Å². The van der Waals surface area contributed by atoms with Crippen LogP contribution >= 0.6 is 11.8 Å². The summed E-state index contributed by atoms with van der Waals surface area (Å²) in [5, 5.41) is 19.2. The van der Waals surface area contributed by atoms with E-state index in [0.717, 1.165) is 11.9 Å².